The predicted molar refractivity (Wildman–Crippen MR) is 69.6 cm³/mol. The van der Waals surface area contributed by atoms with Crippen LogP contribution in [0.4, 0.5) is 4.39 Å². The largest absolute Gasteiger partial charge is 0.324 e. The summed E-state index contributed by atoms with van der Waals surface area (Å²) in [4.78, 5) is 1.63. The molecule has 0 radical (unpaired) electrons. The molecule has 2 aromatic rings. The average Bonchev–Trinajstić information content (AvgIpc) is 2.33. The molecule has 1 nitrogen and oxygen atoms in total. The van der Waals surface area contributed by atoms with Gasteiger partial charge in [-0.2, -0.15) is 0 Å². The Morgan fingerprint density at radius 1 is 1.06 bits per heavy atom. The maximum atomic E-state index is 13.8. The second-order valence-electron chi connectivity index (χ2n) is 3.86. The zero-order valence-corrected chi connectivity index (χ0v) is 10.4. The van der Waals surface area contributed by atoms with Crippen molar-refractivity contribution in [3.63, 3.8) is 0 Å². The summed E-state index contributed by atoms with van der Waals surface area (Å²) in [6.07, 6.45) is 0. The van der Waals surface area contributed by atoms with Gasteiger partial charge >= 0.3 is 0 Å². The molecular weight excluding hydrogens is 233 g/mol. The van der Waals surface area contributed by atoms with E-state index >= 15 is 0 Å². The van der Waals surface area contributed by atoms with Crippen molar-refractivity contribution >= 4 is 11.8 Å². The van der Waals surface area contributed by atoms with Gasteiger partial charge < -0.3 is 5.73 Å². The zero-order chi connectivity index (χ0) is 12.3. The van der Waals surface area contributed by atoms with Crippen LogP contribution in [0.2, 0.25) is 0 Å². The van der Waals surface area contributed by atoms with E-state index in [0.717, 1.165) is 10.5 Å². The third kappa shape index (κ3) is 2.87. The highest BCUT2D eigenvalue weighted by molar-refractivity contribution is 7.99. The fraction of sp³-hybridized carbons (Fsp3) is 0.143. The van der Waals surface area contributed by atoms with E-state index in [9.17, 15) is 4.39 Å². The standard InChI is InChI=1S/C14H14FNS/c1-10(16)12-8-5-9-13(15)14(12)17-11-6-3-2-4-7-11/h2-10H,16H2,1H3. The first-order chi connectivity index (χ1) is 8.18. The molecule has 0 aliphatic heterocycles. The van der Waals surface area contributed by atoms with Gasteiger partial charge in [0, 0.05) is 10.9 Å². The molecule has 0 aromatic heterocycles. The SMILES string of the molecule is CC(N)c1cccc(F)c1Sc1ccccc1. The van der Waals surface area contributed by atoms with Crippen LogP contribution in [0.1, 0.15) is 18.5 Å². The molecule has 0 aliphatic carbocycles. The van der Waals surface area contributed by atoms with E-state index in [2.05, 4.69) is 0 Å². The van der Waals surface area contributed by atoms with Crippen LogP contribution in [0.3, 0.4) is 0 Å². The quantitative estimate of drug-likeness (QED) is 0.887. The molecule has 2 aromatic carbocycles. The number of benzene rings is 2. The van der Waals surface area contributed by atoms with Gasteiger partial charge in [0.25, 0.3) is 0 Å². The summed E-state index contributed by atoms with van der Waals surface area (Å²) in [7, 11) is 0. The predicted octanol–water partition coefficient (Wildman–Crippen LogP) is 4.00. The Morgan fingerprint density at radius 3 is 2.41 bits per heavy atom. The van der Waals surface area contributed by atoms with Crippen LogP contribution in [-0.4, -0.2) is 0 Å². The van der Waals surface area contributed by atoms with Crippen LogP contribution < -0.4 is 5.73 Å². The molecule has 0 spiro atoms. The summed E-state index contributed by atoms with van der Waals surface area (Å²) >= 11 is 1.41. The van der Waals surface area contributed by atoms with Crippen molar-refractivity contribution in [3.05, 3.63) is 59.9 Å². The molecule has 88 valence electrons. The molecule has 0 amide bonds. The molecule has 0 bridgehead atoms. The molecule has 2 N–H and O–H groups in total. The van der Waals surface area contributed by atoms with Gasteiger partial charge in [0.05, 0.1) is 4.90 Å². The molecule has 0 aliphatic rings. The molecule has 2 rings (SSSR count). The van der Waals surface area contributed by atoms with Crippen LogP contribution in [0.5, 0.6) is 0 Å². The Kier molecular flexibility index (Phi) is 3.82. The summed E-state index contributed by atoms with van der Waals surface area (Å²) in [5.74, 6) is -0.214. The Labute approximate surface area is 105 Å². The molecule has 3 heteroatoms. The Balaban J connectivity index is 2.38. The van der Waals surface area contributed by atoms with Crippen molar-refractivity contribution in [2.45, 2.75) is 22.8 Å². The van der Waals surface area contributed by atoms with E-state index in [1.165, 1.54) is 17.8 Å². The van der Waals surface area contributed by atoms with Crippen molar-refractivity contribution < 1.29 is 4.39 Å². The molecule has 0 heterocycles. The lowest BCUT2D eigenvalue weighted by Gasteiger charge is -2.12. The summed E-state index contributed by atoms with van der Waals surface area (Å²) < 4.78 is 13.8. The Hall–Kier alpha value is -1.32. The van der Waals surface area contributed by atoms with E-state index in [0.29, 0.717) is 4.90 Å². The van der Waals surface area contributed by atoms with Crippen LogP contribution in [0.15, 0.2) is 58.3 Å². The third-order valence-corrected chi connectivity index (χ3v) is 3.59. The van der Waals surface area contributed by atoms with Crippen LogP contribution in [0, 0.1) is 5.82 Å². The van der Waals surface area contributed by atoms with Crippen molar-refractivity contribution in [2.75, 3.05) is 0 Å². The van der Waals surface area contributed by atoms with Gasteiger partial charge in [0.2, 0.25) is 0 Å². The molecule has 1 unspecified atom stereocenters. The van der Waals surface area contributed by atoms with Gasteiger partial charge in [-0.25, -0.2) is 4.39 Å². The molecule has 0 saturated carbocycles. The van der Waals surface area contributed by atoms with Gasteiger partial charge in [-0.3, -0.25) is 0 Å². The van der Waals surface area contributed by atoms with Gasteiger partial charge in [-0.1, -0.05) is 42.1 Å². The van der Waals surface area contributed by atoms with Gasteiger partial charge in [-0.05, 0) is 30.7 Å². The third-order valence-electron chi connectivity index (χ3n) is 2.45. The minimum absolute atomic E-state index is 0.170. The summed E-state index contributed by atoms with van der Waals surface area (Å²) in [6, 6.07) is 14.6. The first-order valence-electron chi connectivity index (χ1n) is 5.45. The topological polar surface area (TPSA) is 26.0 Å². The fourth-order valence-electron chi connectivity index (χ4n) is 1.60. The van der Waals surface area contributed by atoms with Crippen LogP contribution >= 0.6 is 11.8 Å². The number of nitrogens with two attached hydrogens (primary N) is 1. The van der Waals surface area contributed by atoms with E-state index in [4.69, 9.17) is 5.73 Å². The van der Waals surface area contributed by atoms with E-state index in [1.807, 2.05) is 43.3 Å². The van der Waals surface area contributed by atoms with E-state index in [-0.39, 0.29) is 11.9 Å². The second kappa shape index (κ2) is 5.34. The minimum Gasteiger partial charge on any atom is -0.324 e. The average molecular weight is 247 g/mol. The monoisotopic (exact) mass is 247 g/mol. The van der Waals surface area contributed by atoms with E-state index < -0.39 is 0 Å². The van der Waals surface area contributed by atoms with Crippen molar-refractivity contribution in [1.29, 1.82) is 0 Å². The minimum atomic E-state index is -0.214. The molecule has 17 heavy (non-hydrogen) atoms. The maximum Gasteiger partial charge on any atom is 0.137 e. The van der Waals surface area contributed by atoms with Crippen molar-refractivity contribution in [1.82, 2.24) is 0 Å². The molecule has 0 saturated heterocycles. The number of rotatable bonds is 3. The van der Waals surface area contributed by atoms with Gasteiger partial charge in [0.15, 0.2) is 0 Å². The molecular formula is C14H14FNS. The normalized spacial score (nSPS) is 12.4. The first kappa shape index (κ1) is 12.1. The van der Waals surface area contributed by atoms with Crippen molar-refractivity contribution in [2.24, 2.45) is 5.73 Å². The lowest BCUT2D eigenvalue weighted by Crippen LogP contribution is -2.07. The first-order valence-corrected chi connectivity index (χ1v) is 6.27. The van der Waals surface area contributed by atoms with Gasteiger partial charge in [0.1, 0.15) is 5.82 Å². The van der Waals surface area contributed by atoms with Crippen molar-refractivity contribution in [3.8, 4) is 0 Å². The highest BCUT2D eigenvalue weighted by Crippen LogP contribution is 2.34. The lowest BCUT2D eigenvalue weighted by atomic mass is 10.1. The highest BCUT2D eigenvalue weighted by Gasteiger charge is 2.12. The smallest absolute Gasteiger partial charge is 0.137 e. The summed E-state index contributed by atoms with van der Waals surface area (Å²) in [6.45, 7) is 1.86. The summed E-state index contributed by atoms with van der Waals surface area (Å²) in [5, 5.41) is 0. The number of halogens is 1. The highest BCUT2D eigenvalue weighted by atomic mass is 32.2. The van der Waals surface area contributed by atoms with Gasteiger partial charge in [-0.15, -0.1) is 0 Å². The van der Waals surface area contributed by atoms with Crippen LogP contribution in [-0.2, 0) is 0 Å². The molecule has 1 atom stereocenters. The maximum absolute atomic E-state index is 13.8. The Bertz CT molecular complexity index is 497. The number of hydrogen-bond donors (Lipinski definition) is 1. The number of hydrogen-bond acceptors (Lipinski definition) is 2. The Morgan fingerprint density at radius 2 is 1.76 bits per heavy atom. The van der Waals surface area contributed by atoms with E-state index in [1.54, 1.807) is 6.07 Å². The lowest BCUT2D eigenvalue weighted by molar-refractivity contribution is 0.591. The fourth-order valence-corrected chi connectivity index (χ4v) is 2.66. The second-order valence-corrected chi connectivity index (χ2v) is 4.95. The molecule has 0 fully saturated rings. The summed E-state index contributed by atoms with van der Waals surface area (Å²) in [5.41, 5.74) is 6.70. The zero-order valence-electron chi connectivity index (χ0n) is 9.56. The van der Waals surface area contributed by atoms with Crippen LogP contribution in [0.25, 0.3) is 0 Å².